The molecule has 22 heavy (non-hydrogen) atoms. The lowest BCUT2D eigenvalue weighted by Crippen LogP contribution is -2.53. The van der Waals surface area contributed by atoms with Crippen LogP contribution in [0.15, 0.2) is 0 Å². The molecule has 2 saturated carbocycles. The first-order valence-electron chi connectivity index (χ1n) is 8.96. The third-order valence-electron chi connectivity index (χ3n) is 5.60. The van der Waals surface area contributed by atoms with E-state index in [1.807, 2.05) is 0 Å². The summed E-state index contributed by atoms with van der Waals surface area (Å²) < 4.78 is 0. The SMILES string of the molecule is O=C(NC1CCCCC1O)C1CCCN1C(=O)C1CCCC1. The van der Waals surface area contributed by atoms with E-state index < -0.39 is 6.10 Å². The van der Waals surface area contributed by atoms with Gasteiger partial charge in [-0.25, -0.2) is 0 Å². The average molecular weight is 308 g/mol. The highest BCUT2D eigenvalue weighted by atomic mass is 16.3. The van der Waals surface area contributed by atoms with Crippen LogP contribution in [0.4, 0.5) is 0 Å². The van der Waals surface area contributed by atoms with Gasteiger partial charge < -0.3 is 15.3 Å². The smallest absolute Gasteiger partial charge is 0.243 e. The summed E-state index contributed by atoms with van der Waals surface area (Å²) in [6.45, 7) is 0.709. The van der Waals surface area contributed by atoms with Crippen LogP contribution < -0.4 is 5.32 Å². The maximum absolute atomic E-state index is 12.6. The van der Waals surface area contributed by atoms with Crippen LogP contribution in [0.25, 0.3) is 0 Å². The minimum absolute atomic E-state index is 0.0604. The summed E-state index contributed by atoms with van der Waals surface area (Å²) in [4.78, 5) is 27.0. The Morgan fingerprint density at radius 1 is 0.909 bits per heavy atom. The van der Waals surface area contributed by atoms with E-state index in [0.29, 0.717) is 6.54 Å². The van der Waals surface area contributed by atoms with Crippen molar-refractivity contribution < 1.29 is 14.7 Å². The summed E-state index contributed by atoms with van der Waals surface area (Å²) in [6, 6.07) is -0.451. The molecule has 0 spiro atoms. The zero-order valence-corrected chi connectivity index (χ0v) is 13.3. The van der Waals surface area contributed by atoms with Crippen molar-refractivity contribution in [3.63, 3.8) is 0 Å². The number of carbonyl (C=O) groups excluding carboxylic acids is 2. The third-order valence-corrected chi connectivity index (χ3v) is 5.60. The highest BCUT2D eigenvalue weighted by Gasteiger charge is 2.38. The van der Waals surface area contributed by atoms with Gasteiger partial charge in [-0.1, -0.05) is 25.7 Å². The minimum atomic E-state index is -0.432. The van der Waals surface area contributed by atoms with E-state index in [2.05, 4.69) is 5.32 Å². The monoisotopic (exact) mass is 308 g/mol. The van der Waals surface area contributed by atoms with Crippen LogP contribution in [-0.2, 0) is 9.59 Å². The van der Waals surface area contributed by atoms with Crippen molar-refractivity contribution in [1.29, 1.82) is 0 Å². The molecule has 5 heteroatoms. The molecule has 2 N–H and O–H groups in total. The summed E-state index contributed by atoms with van der Waals surface area (Å²) in [7, 11) is 0. The molecule has 3 unspecified atom stereocenters. The van der Waals surface area contributed by atoms with Crippen molar-refractivity contribution in [1.82, 2.24) is 10.2 Å². The van der Waals surface area contributed by atoms with Gasteiger partial charge in [0.15, 0.2) is 0 Å². The number of aliphatic hydroxyl groups is 1. The lowest BCUT2D eigenvalue weighted by atomic mass is 9.92. The second kappa shape index (κ2) is 6.99. The van der Waals surface area contributed by atoms with Crippen LogP contribution in [-0.4, -0.2) is 46.6 Å². The van der Waals surface area contributed by atoms with E-state index in [1.54, 1.807) is 4.90 Å². The van der Waals surface area contributed by atoms with Crippen molar-refractivity contribution in [2.24, 2.45) is 5.92 Å². The summed E-state index contributed by atoms with van der Waals surface area (Å²) in [6.07, 6.45) is 9.15. The second-order valence-electron chi connectivity index (χ2n) is 7.14. The molecule has 2 amide bonds. The van der Waals surface area contributed by atoms with Crippen LogP contribution in [0, 0.1) is 5.92 Å². The molecule has 1 aliphatic heterocycles. The van der Waals surface area contributed by atoms with Crippen molar-refractivity contribution in [3.8, 4) is 0 Å². The molecule has 5 nitrogen and oxygen atoms in total. The Balaban J connectivity index is 1.59. The summed E-state index contributed by atoms with van der Waals surface area (Å²) in [5, 5.41) is 13.0. The minimum Gasteiger partial charge on any atom is -0.391 e. The molecule has 3 rings (SSSR count). The van der Waals surface area contributed by atoms with Gasteiger partial charge in [0.05, 0.1) is 12.1 Å². The van der Waals surface area contributed by atoms with Gasteiger partial charge in [0.2, 0.25) is 11.8 Å². The number of likely N-dealkylation sites (tertiary alicyclic amines) is 1. The number of amides is 2. The molecular weight excluding hydrogens is 280 g/mol. The first-order chi connectivity index (χ1) is 10.7. The number of rotatable bonds is 3. The van der Waals surface area contributed by atoms with Gasteiger partial charge in [0.25, 0.3) is 0 Å². The predicted molar refractivity (Wildman–Crippen MR) is 83.1 cm³/mol. The molecule has 2 aliphatic carbocycles. The van der Waals surface area contributed by atoms with Crippen molar-refractivity contribution in [2.45, 2.75) is 82.4 Å². The Labute approximate surface area is 132 Å². The molecule has 3 aliphatic rings. The van der Waals surface area contributed by atoms with Gasteiger partial charge in [-0.2, -0.15) is 0 Å². The second-order valence-corrected chi connectivity index (χ2v) is 7.14. The molecule has 0 aromatic heterocycles. The Bertz CT molecular complexity index is 420. The van der Waals surface area contributed by atoms with Crippen molar-refractivity contribution in [2.75, 3.05) is 6.54 Å². The Morgan fingerprint density at radius 2 is 1.59 bits per heavy atom. The van der Waals surface area contributed by atoms with Gasteiger partial charge in [-0.15, -0.1) is 0 Å². The lowest BCUT2D eigenvalue weighted by Gasteiger charge is -2.32. The van der Waals surface area contributed by atoms with Gasteiger partial charge in [-0.3, -0.25) is 9.59 Å². The van der Waals surface area contributed by atoms with Crippen molar-refractivity contribution in [3.05, 3.63) is 0 Å². The van der Waals surface area contributed by atoms with Crippen LogP contribution in [0.5, 0.6) is 0 Å². The molecule has 0 bridgehead atoms. The lowest BCUT2D eigenvalue weighted by molar-refractivity contribution is -0.142. The maximum atomic E-state index is 12.6. The topological polar surface area (TPSA) is 69.6 Å². The molecule has 0 aromatic carbocycles. The normalized spacial score (nSPS) is 33.1. The van der Waals surface area contributed by atoms with E-state index in [-0.39, 0.29) is 29.8 Å². The molecule has 0 aromatic rings. The predicted octanol–water partition coefficient (Wildman–Crippen LogP) is 1.59. The van der Waals surface area contributed by atoms with E-state index in [4.69, 9.17) is 0 Å². The molecular formula is C17H28N2O3. The molecule has 124 valence electrons. The third kappa shape index (κ3) is 3.29. The van der Waals surface area contributed by atoms with E-state index in [9.17, 15) is 14.7 Å². The Hall–Kier alpha value is -1.10. The first-order valence-corrected chi connectivity index (χ1v) is 8.96. The number of aliphatic hydroxyl groups excluding tert-OH is 1. The highest BCUT2D eigenvalue weighted by molar-refractivity contribution is 5.89. The fraction of sp³-hybridized carbons (Fsp3) is 0.882. The van der Waals surface area contributed by atoms with Crippen LogP contribution >= 0.6 is 0 Å². The van der Waals surface area contributed by atoms with E-state index in [1.165, 1.54) is 0 Å². The summed E-state index contributed by atoms with van der Waals surface area (Å²) in [5.41, 5.74) is 0. The van der Waals surface area contributed by atoms with Gasteiger partial charge >= 0.3 is 0 Å². The number of hydrogen-bond acceptors (Lipinski definition) is 3. The van der Waals surface area contributed by atoms with Crippen LogP contribution in [0.2, 0.25) is 0 Å². The van der Waals surface area contributed by atoms with Gasteiger partial charge in [0, 0.05) is 12.5 Å². The maximum Gasteiger partial charge on any atom is 0.243 e. The fourth-order valence-electron chi connectivity index (χ4n) is 4.27. The average Bonchev–Trinajstić information content (AvgIpc) is 3.20. The van der Waals surface area contributed by atoms with Gasteiger partial charge in [0.1, 0.15) is 6.04 Å². The van der Waals surface area contributed by atoms with E-state index >= 15 is 0 Å². The number of nitrogens with zero attached hydrogens (tertiary/aromatic N) is 1. The molecule has 1 heterocycles. The first kappa shape index (κ1) is 15.8. The summed E-state index contributed by atoms with van der Waals surface area (Å²) in [5.74, 6) is 0.253. The van der Waals surface area contributed by atoms with Crippen LogP contribution in [0.1, 0.15) is 64.2 Å². The number of carbonyl (C=O) groups is 2. The van der Waals surface area contributed by atoms with Gasteiger partial charge in [-0.05, 0) is 38.5 Å². The summed E-state index contributed by atoms with van der Waals surface area (Å²) >= 11 is 0. The van der Waals surface area contributed by atoms with E-state index in [0.717, 1.165) is 64.2 Å². The van der Waals surface area contributed by atoms with Crippen LogP contribution in [0.3, 0.4) is 0 Å². The molecule has 3 fully saturated rings. The Kier molecular flexibility index (Phi) is 5.01. The highest BCUT2D eigenvalue weighted by Crippen LogP contribution is 2.30. The van der Waals surface area contributed by atoms with Crippen molar-refractivity contribution >= 4 is 11.8 Å². The molecule has 1 saturated heterocycles. The largest absolute Gasteiger partial charge is 0.391 e. The number of nitrogens with one attached hydrogen (secondary N) is 1. The quantitative estimate of drug-likeness (QED) is 0.832. The fourth-order valence-corrected chi connectivity index (χ4v) is 4.27. The zero-order valence-electron chi connectivity index (χ0n) is 13.3. The standard InChI is InChI=1S/C17H28N2O3/c20-15-10-4-3-8-13(15)18-16(21)14-9-5-11-19(14)17(22)12-6-1-2-7-12/h12-15,20H,1-11H2,(H,18,21). The Morgan fingerprint density at radius 3 is 2.32 bits per heavy atom. The number of hydrogen-bond donors (Lipinski definition) is 2. The zero-order chi connectivity index (χ0) is 15.5. The molecule has 3 atom stereocenters. The molecule has 0 radical (unpaired) electrons.